The second kappa shape index (κ2) is 8.14. The van der Waals surface area contributed by atoms with Crippen molar-refractivity contribution in [1.29, 1.82) is 0 Å². The van der Waals surface area contributed by atoms with E-state index in [1.54, 1.807) is 43.3 Å². The molecule has 2 heterocycles. The molecule has 1 aromatic heterocycles. The molecule has 0 unspecified atom stereocenters. The quantitative estimate of drug-likeness (QED) is 0.738. The third-order valence-corrected chi connectivity index (χ3v) is 5.77. The van der Waals surface area contributed by atoms with E-state index in [4.69, 9.17) is 4.42 Å². The topological polar surface area (TPSA) is 109 Å². The van der Waals surface area contributed by atoms with E-state index < -0.39 is 17.9 Å². The van der Waals surface area contributed by atoms with Crippen molar-refractivity contribution in [2.45, 2.75) is 38.6 Å². The van der Waals surface area contributed by atoms with E-state index in [1.165, 1.54) is 6.26 Å². The Hall–Kier alpha value is -3.42. The van der Waals surface area contributed by atoms with Crippen LogP contribution in [0.1, 0.15) is 43.2 Å². The lowest BCUT2D eigenvalue weighted by Gasteiger charge is -2.22. The van der Waals surface area contributed by atoms with Gasteiger partial charge in [0.15, 0.2) is 5.76 Å². The van der Waals surface area contributed by atoms with Crippen molar-refractivity contribution in [3.05, 3.63) is 48.4 Å². The Bertz CT molecular complexity index is 960. The minimum Gasteiger partial charge on any atom is -0.459 e. The predicted molar refractivity (Wildman–Crippen MR) is 108 cm³/mol. The zero-order chi connectivity index (χ0) is 21.3. The van der Waals surface area contributed by atoms with Crippen LogP contribution in [-0.2, 0) is 14.4 Å². The molecule has 0 bridgehead atoms. The summed E-state index contributed by atoms with van der Waals surface area (Å²) < 4.78 is 5.06. The SMILES string of the molecule is C[C@H](C(=O)Nc1cccc(NC(=O)c2ccco2)c1)N1C(=O)[C@@H]2CCCC[C@H]2C1=O. The molecule has 2 N–H and O–H groups in total. The van der Waals surface area contributed by atoms with Crippen LogP contribution in [-0.4, -0.2) is 34.6 Å². The average Bonchev–Trinajstić information content (AvgIpc) is 3.36. The zero-order valence-electron chi connectivity index (χ0n) is 16.6. The molecule has 1 aromatic carbocycles. The minimum atomic E-state index is -0.906. The van der Waals surface area contributed by atoms with Crippen LogP contribution >= 0.6 is 0 Å². The van der Waals surface area contributed by atoms with E-state index in [0.29, 0.717) is 24.2 Å². The highest BCUT2D eigenvalue weighted by Crippen LogP contribution is 2.38. The summed E-state index contributed by atoms with van der Waals surface area (Å²) in [6.07, 6.45) is 4.69. The second-order valence-corrected chi connectivity index (χ2v) is 7.72. The van der Waals surface area contributed by atoms with Crippen LogP contribution in [0.3, 0.4) is 0 Å². The molecule has 8 heteroatoms. The highest BCUT2D eigenvalue weighted by molar-refractivity contribution is 6.10. The van der Waals surface area contributed by atoms with Gasteiger partial charge in [-0.3, -0.25) is 24.1 Å². The molecule has 4 amide bonds. The molecular weight excluding hydrogens is 386 g/mol. The largest absolute Gasteiger partial charge is 0.459 e. The fraction of sp³-hybridized carbons (Fsp3) is 0.364. The first-order valence-electron chi connectivity index (χ1n) is 10.1. The molecule has 1 aliphatic carbocycles. The molecule has 30 heavy (non-hydrogen) atoms. The van der Waals surface area contributed by atoms with E-state index >= 15 is 0 Å². The highest BCUT2D eigenvalue weighted by atomic mass is 16.3. The third kappa shape index (κ3) is 3.72. The summed E-state index contributed by atoms with van der Waals surface area (Å²) >= 11 is 0. The van der Waals surface area contributed by atoms with Gasteiger partial charge in [0.05, 0.1) is 18.1 Å². The Labute approximate surface area is 173 Å². The van der Waals surface area contributed by atoms with Gasteiger partial charge in [-0.05, 0) is 50.1 Å². The van der Waals surface area contributed by atoms with Gasteiger partial charge in [0.2, 0.25) is 17.7 Å². The summed E-state index contributed by atoms with van der Waals surface area (Å²) in [6.45, 7) is 1.56. The van der Waals surface area contributed by atoms with E-state index in [2.05, 4.69) is 10.6 Å². The summed E-state index contributed by atoms with van der Waals surface area (Å²) in [7, 11) is 0. The van der Waals surface area contributed by atoms with Crippen LogP contribution in [0, 0.1) is 11.8 Å². The number of amides is 4. The fourth-order valence-corrected chi connectivity index (χ4v) is 4.21. The zero-order valence-corrected chi connectivity index (χ0v) is 16.6. The Morgan fingerprint density at radius 2 is 1.63 bits per heavy atom. The van der Waals surface area contributed by atoms with Crippen LogP contribution in [0.5, 0.6) is 0 Å². The Balaban J connectivity index is 1.43. The first kappa shape index (κ1) is 19.9. The molecule has 156 valence electrons. The number of fused-ring (bicyclic) bond motifs is 1. The van der Waals surface area contributed by atoms with Gasteiger partial charge in [-0.15, -0.1) is 0 Å². The van der Waals surface area contributed by atoms with E-state index in [-0.39, 0.29) is 29.4 Å². The number of hydrogen-bond donors (Lipinski definition) is 2. The Morgan fingerprint density at radius 3 is 2.23 bits per heavy atom. The van der Waals surface area contributed by atoms with Crippen LogP contribution in [0.15, 0.2) is 47.1 Å². The number of furan rings is 1. The summed E-state index contributed by atoms with van der Waals surface area (Å²) in [5.74, 6) is -1.76. The van der Waals surface area contributed by atoms with Gasteiger partial charge < -0.3 is 15.1 Å². The lowest BCUT2D eigenvalue weighted by Crippen LogP contribution is -2.46. The number of anilines is 2. The Kier molecular flexibility index (Phi) is 5.39. The number of rotatable bonds is 5. The van der Waals surface area contributed by atoms with Crippen molar-refractivity contribution < 1.29 is 23.6 Å². The smallest absolute Gasteiger partial charge is 0.291 e. The minimum absolute atomic E-state index is 0.172. The van der Waals surface area contributed by atoms with Crippen molar-refractivity contribution in [1.82, 2.24) is 4.90 Å². The molecule has 0 spiro atoms. The van der Waals surface area contributed by atoms with Gasteiger partial charge in [-0.2, -0.15) is 0 Å². The van der Waals surface area contributed by atoms with E-state index in [9.17, 15) is 19.2 Å². The van der Waals surface area contributed by atoms with Crippen molar-refractivity contribution in [2.24, 2.45) is 11.8 Å². The predicted octanol–water partition coefficient (Wildman–Crippen LogP) is 3.03. The molecule has 1 saturated carbocycles. The van der Waals surface area contributed by atoms with Crippen LogP contribution in [0.25, 0.3) is 0 Å². The maximum Gasteiger partial charge on any atom is 0.291 e. The average molecular weight is 409 g/mol. The summed E-state index contributed by atoms with van der Waals surface area (Å²) in [5.41, 5.74) is 0.918. The monoisotopic (exact) mass is 409 g/mol. The highest BCUT2D eigenvalue weighted by Gasteiger charge is 2.50. The molecule has 0 radical (unpaired) electrons. The maximum absolute atomic E-state index is 12.8. The second-order valence-electron chi connectivity index (χ2n) is 7.72. The molecule has 2 aliphatic rings. The molecule has 4 rings (SSSR count). The number of nitrogens with one attached hydrogen (secondary N) is 2. The number of imide groups is 1. The Morgan fingerprint density at radius 1 is 1.00 bits per heavy atom. The summed E-state index contributed by atoms with van der Waals surface area (Å²) in [5, 5.41) is 5.42. The first-order chi connectivity index (χ1) is 14.5. The van der Waals surface area contributed by atoms with Crippen LogP contribution in [0.4, 0.5) is 11.4 Å². The van der Waals surface area contributed by atoms with E-state index in [0.717, 1.165) is 17.7 Å². The number of benzene rings is 1. The van der Waals surface area contributed by atoms with Gasteiger partial charge in [0, 0.05) is 11.4 Å². The van der Waals surface area contributed by atoms with Crippen molar-refractivity contribution in [2.75, 3.05) is 10.6 Å². The molecule has 1 saturated heterocycles. The molecular formula is C22H23N3O5. The number of carbonyl (C=O) groups excluding carboxylic acids is 4. The molecule has 2 fully saturated rings. The summed E-state index contributed by atoms with van der Waals surface area (Å²) in [6, 6.07) is 8.88. The molecule has 8 nitrogen and oxygen atoms in total. The van der Waals surface area contributed by atoms with Gasteiger partial charge >= 0.3 is 0 Å². The van der Waals surface area contributed by atoms with Crippen LogP contribution in [0.2, 0.25) is 0 Å². The third-order valence-electron chi connectivity index (χ3n) is 5.77. The van der Waals surface area contributed by atoms with Crippen molar-refractivity contribution in [3.63, 3.8) is 0 Å². The number of nitrogens with zero attached hydrogens (tertiary/aromatic N) is 1. The lowest BCUT2D eigenvalue weighted by atomic mass is 9.81. The van der Waals surface area contributed by atoms with Crippen molar-refractivity contribution >= 4 is 35.0 Å². The van der Waals surface area contributed by atoms with E-state index in [1.807, 2.05) is 0 Å². The van der Waals surface area contributed by atoms with Gasteiger partial charge in [0.25, 0.3) is 5.91 Å². The van der Waals surface area contributed by atoms with Crippen LogP contribution < -0.4 is 10.6 Å². The first-order valence-corrected chi connectivity index (χ1v) is 10.1. The summed E-state index contributed by atoms with van der Waals surface area (Å²) in [4.78, 5) is 51.4. The van der Waals surface area contributed by atoms with Crippen molar-refractivity contribution in [3.8, 4) is 0 Å². The normalized spacial score (nSPS) is 21.8. The molecule has 1 aliphatic heterocycles. The number of likely N-dealkylation sites (tertiary alicyclic amines) is 1. The maximum atomic E-state index is 12.8. The number of carbonyl (C=O) groups is 4. The lowest BCUT2D eigenvalue weighted by molar-refractivity contribution is -0.146. The van der Waals surface area contributed by atoms with Gasteiger partial charge in [-0.25, -0.2) is 0 Å². The standard InChI is InChI=1S/C22H23N3O5/c1-13(25-21(28)16-8-2-3-9-17(16)22(25)29)19(26)23-14-6-4-7-15(12-14)24-20(27)18-10-5-11-30-18/h4-7,10-13,16-17H,2-3,8-9H2,1H3,(H,23,26)(H,24,27)/t13-,16-,17-/m1/s1. The molecule has 3 atom stereocenters. The van der Waals surface area contributed by atoms with Gasteiger partial charge in [-0.1, -0.05) is 18.9 Å². The fourth-order valence-electron chi connectivity index (χ4n) is 4.21. The molecule has 2 aromatic rings. The number of hydrogen-bond acceptors (Lipinski definition) is 5. The van der Waals surface area contributed by atoms with Gasteiger partial charge in [0.1, 0.15) is 6.04 Å².